The molecule has 0 N–H and O–H groups in total. The molecule has 0 saturated carbocycles. The summed E-state index contributed by atoms with van der Waals surface area (Å²) in [4.78, 5) is 3.98. The number of unbranched alkanes of at least 4 members (excludes halogenated alkanes) is 5. The molecule has 0 aliphatic rings. The van der Waals surface area contributed by atoms with Crippen LogP contribution in [-0.2, 0) is 0 Å². The number of hydrogen-bond donors (Lipinski definition) is 0. The predicted molar refractivity (Wildman–Crippen MR) is 95.5 cm³/mol. The molecule has 0 unspecified atom stereocenters. The summed E-state index contributed by atoms with van der Waals surface area (Å²) in [6.07, 6.45) is 11.2. The molecule has 1 heterocycles. The van der Waals surface area contributed by atoms with Crippen molar-refractivity contribution in [1.82, 2.24) is 4.98 Å². The van der Waals surface area contributed by atoms with E-state index >= 15 is 0 Å². The van der Waals surface area contributed by atoms with Gasteiger partial charge in [0.1, 0.15) is 5.75 Å². The summed E-state index contributed by atoms with van der Waals surface area (Å²) in [5.74, 6) is 7.20. The van der Waals surface area contributed by atoms with E-state index in [0.29, 0.717) is 0 Å². The normalized spacial score (nSPS) is 9.96. The summed E-state index contributed by atoms with van der Waals surface area (Å²) in [7, 11) is 0. The second kappa shape index (κ2) is 10.5. The Morgan fingerprint density at radius 3 is 2.09 bits per heavy atom. The van der Waals surface area contributed by atoms with Crippen molar-refractivity contribution in [2.75, 3.05) is 6.61 Å². The molecule has 0 saturated heterocycles. The highest BCUT2D eigenvalue weighted by Crippen LogP contribution is 2.13. The number of nitrogens with zero attached hydrogens (tertiary/aromatic N) is 1. The van der Waals surface area contributed by atoms with Crippen LogP contribution >= 0.6 is 0 Å². The SMILES string of the molecule is CCCCCCCCOc1ccc(C#Cc2ccncc2)cc1. The molecule has 23 heavy (non-hydrogen) atoms. The molecule has 0 spiro atoms. The Kier molecular flexibility index (Phi) is 7.77. The van der Waals surface area contributed by atoms with Crippen LogP contribution in [0, 0.1) is 11.8 Å². The van der Waals surface area contributed by atoms with E-state index < -0.39 is 0 Å². The highest BCUT2D eigenvalue weighted by Gasteiger charge is 1.95. The highest BCUT2D eigenvalue weighted by atomic mass is 16.5. The van der Waals surface area contributed by atoms with Gasteiger partial charge in [0, 0.05) is 23.5 Å². The quantitative estimate of drug-likeness (QED) is 0.492. The molecular weight excluding hydrogens is 282 g/mol. The summed E-state index contributed by atoms with van der Waals surface area (Å²) >= 11 is 0. The molecule has 0 aliphatic carbocycles. The van der Waals surface area contributed by atoms with E-state index in [1.807, 2.05) is 36.4 Å². The Balaban J connectivity index is 1.71. The fourth-order valence-electron chi connectivity index (χ4n) is 2.29. The molecule has 1 aromatic carbocycles. The molecule has 0 bridgehead atoms. The van der Waals surface area contributed by atoms with Crippen LogP contribution in [0.3, 0.4) is 0 Å². The standard InChI is InChI=1S/C21H25NO/c1-2-3-4-5-6-7-18-23-21-12-10-19(11-13-21)8-9-20-14-16-22-17-15-20/h10-17H,2-7,18H2,1H3. The lowest BCUT2D eigenvalue weighted by Crippen LogP contribution is -1.97. The zero-order valence-electron chi connectivity index (χ0n) is 13.9. The summed E-state index contributed by atoms with van der Waals surface area (Å²) < 4.78 is 5.77. The third-order valence-electron chi connectivity index (χ3n) is 3.65. The highest BCUT2D eigenvalue weighted by molar-refractivity contribution is 5.43. The maximum atomic E-state index is 5.77. The molecule has 2 nitrogen and oxygen atoms in total. The second-order valence-corrected chi connectivity index (χ2v) is 5.63. The number of ether oxygens (including phenoxy) is 1. The first-order valence-electron chi connectivity index (χ1n) is 8.53. The van der Waals surface area contributed by atoms with Gasteiger partial charge in [-0.05, 0) is 42.8 Å². The van der Waals surface area contributed by atoms with Crippen molar-refractivity contribution in [3.63, 3.8) is 0 Å². The van der Waals surface area contributed by atoms with Crippen LogP contribution in [0.5, 0.6) is 5.75 Å². The van der Waals surface area contributed by atoms with Gasteiger partial charge in [0.15, 0.2) is 0 Å². The van der Waals surface area contributed by atoms with Crippen molar-refractivity contribution < 1.29 is 4.74 Å². The zero-order valence-corrected chi connectivity index (χ0v) is 13.9. The van der Waals surface area contributed by atoms with Crippen LogP contribution in [-0.4, -0.2) is 11.6 Å². The summed E-state index contributed by atoms with van der Waals surface area (Å²) in [5.41, 5.74) is 1.97. The molecule has 0 amide bonds. The maximum absolute atomic E-state index is 5.77. The second-order valence-electron chi connectivity index (χ2n) is 5.63. The van der Waals surface area contributed by atoms with Gasteiger partial charge in [-0.2, -0.15) is 0 Å². The van der Waals surface area contributed by atoms with Gasteiger partial charge in [-0.3, -0.25) is 4.98 Å². The lowest BCUT2D eigenvalue weighted by molar-refractivity contribution is 0.304. The molecule has 2 rings (SSSR count). The number of pyridine rings is 1. The topological polar surface area (TPSA) is 22.1 Å². The molecule has 2 heteroatoms. The predicted octanol–water partition coefficient (Wildman–Crippen LogP) is 5.22. The van der Waals surface area contributed by atoms with Crippen molar-refractivity contribution in [3.05, 3.63) is 59.9 Å². The molecule has 1 aromatic heterocycles. The summed E-state index contributed by atoms with van der Waals surface area (Å²) in [6, 6.07) is 11.8. The molecule has 0 aliphatic heterocycles. The van der Waals surface area contributed by atoms with E-state index in [1.165, 1.54) is 32.1 Å². The van der Waals surface area contributed by atoms with Crippen LogP contribution in [0.1, 0.15) is 56.6 Å². The average Bonchev–Trinajstić information content (AvgIpc) is 2.61. The van der Waals surface area contributed by atoms with Crippen molar-refractivity contribution in [1.29, 1.82) is 0 Å². The third-order valence-corrected chi connectivity index (χ3v) is 3.65. The van der Waals surface area contributed by atoms with E-state index in [-0.39, 0.29) is 0 Å². The Labute approximate surface area is 139 Å². The number of hydrogen-bond acceptors (Lipinski definition) is 2. The fourth-order valence-corrected chi connectivity index (χ4v) is 2.29. The zero-order chi connectivity index (χ0) is 16.2. The van der Waals surface area contributed by atoms with E-state index in [0.717, 1.165) is 29.9 Å². The maximum Gasteiger partial charge on any atom is 0.119 e. The molecule has 2 aromatic rings. The van der Waals surface area contributed by atoms with E-state index in [1.54, 1.807) is 12.4 Å². The first kappa shape index (κ1) is 17.1. The summed E-state index contributed by atoms with van der Waals surface area (Å²) in [5, 5.41) is 0. The number of aromatic nitrogens is 1. The first-order valence-corrected chi connectivity index (χ1v) is 8.53. The minimum atomic E-state index is 0.800. The van der Waals surface area contributed by atoms with Crippen molar-refractivity contribution in [2.24, 2.45) is 0 Å². The van der Waals surface area contributed by atoms with Gasteiger partial charge in [-0.1, -0.05) is 50.9 Å². The first-order chi connectivity index (χ1) is 11.4. The Morgan fingerprint density at radius 1 is 0.783 bits per heavy atom. The van der Waals surface area contributed by atoms with E-state index in [9.17, 15) is 0 Å². The minimum Gasteiger partial charge on any atom is -0.494 e. The van der Waals surface area contributed by atoms with Crippen LogP contribution in [0.4, 0.5) is 0 Å². The smallest absolute Gasteiger partial charge is 0.119 e. The van der Waals surface area contributed by atoms with Gasteiger partial charge in [-0.25, -0.2) is 0 Å². The molecule has 120 valence electrons. The van der Waals surface area contributed by atoms with Crippen LogP contribution in [0.25, 0.3) is 0 Å². The van der Waals surface area contributed by atoms with Crippen molar-refractivity contribution in [2.45, 2.75) is 45.4 Å². The minimum absolute atomic E-state index is 0.800. The monoisotopic (exact) mass is 307 g/mol. The number of rotatable bonds is 8. The van der Waals surface area contributed by atoms with Gasteiger partial charge in [0.25, 0.3) is 0 Å². The van der Waals surface area contributed by atoms with Crippen molar-refractivity contribution in [3.8, 4) is 17.6 Å². The van der Waals surface area contributed by atoms with Gasteiger partial charge >= 0.3 is 0 Å². The summed E-state index contributed by atoms with van der Waals surface area (Å²) in [6.45, 7) is 3.04. The van der Waals surface area contributed by atoms with Crippen LogP contribution < -0.4 is 4.74 Å². The van der Waals surface area contributed by atoms with Gasteiger partial charge in [-0.15, -0.1) is 0 Å². The van der Waals surface area contributed by atoms with Gasteiger partial charge in [0.2, 0.25) is 0 Å². The largest absolute Gasteiger partial charge is 0.494 e. The van der Waals surface area contributed by atoms with Crippen LogP contribution in [0.2, 0.25) is 0 Å². The van der Waals surface area contributed by atoms with E-state index in [2.05, 4.69) is 23.7 Å². The lowest BCUT2D eigenvalue weighted by atomic mass is 10.1. The third kappa shape index (κ3) is 7.02. The Bertz CT molecular complexity index is 608. The van der Waals surface area contributed by atoms with Gasteiger partial charge < -0.3 is 4.74 Å². The Morgan fingerprint density at radius 2 is 1.39 bits per heavy atom. The molecular formula is C21H25NO. The van der Waals surface area contributed by atoms with E-state index in [4.69, 9.17) is 4.74 Å². The molecule has 0 radical (unpaired) electrons. The fraction of sp³-hybridized carbons (Fsp3) is 0.381. The molecule has 0 fully saturated rings. The lowest BCUT2D eigenvalue weighted by Gasteiger charge is -2.06. The van der Waals surface area contributed by atoms with Gasteiger partial charge in [0.05, 0.1) is 6.61 Å². The van der Waals surface area contributed by atoms with Crippen LogP contribution in [0.15, 0.2) is 48.8 Å². The average molecular weight is 307 g/mol. The number of benzene rings is 1. The Hall–Kier alpha value is -2.27. The van der Waals surface area contributed by atoms with Crippen molar-refractivity contribution >= 4 is 0 Å². The molecule has 0 atom stereocenters.